The Morgan fingerprint density at radius 3 is 2.57 bits per heavy atom. The van der Waals surface area contributed by atoms with Gasteiger partial charge in [0.15, 0.2) is 5.78 Å². The molecular formula is C11H19NO2. The second kappa shape index (κ2) is 5.13. The van der Waals surface area contributed by atoms with E-state index in [0.717, 1.165) is 32.2 Å². The molecule has 0 radical (unpaired) electrons. The average molecular weight is 197 g/mol. The van der Waals surface area contributed by atoms with Crippen molar-refractivity contribution in [2.75, 3.05) is 6.54 Å². The zero-order valence-electron chi connectivity index (χ0n) is 9.08. The molecule has 1 saturated heterocycles. The summed E-state index contributed by atoms with van der Waals surface area (Å²) in [6, 6.07) is -0.139. The van der Waals surface area contributed by atoms with E-state index in [-0.39, 0.29) is 17.7 Å². The van der Waals surface area contributed by atoms with Gasteiger partial charge in [0.2, 0.25) is 5.91 Å². The van der Waals surface area contributed by atoms with Crippen LogP contribution < -0.4 is 0 Å². The normalized spacial score (nSPS) is 23.0. The first-order valence-corrected chi connectivity index (χ1v) is 5.46. The number of ketones is 1. The van der Waals surface area contributed by atoms with Gasteiger partial charge < -0.3 is 4.90 Å². The summed E-state index contributed by atoms with van der Waals surface area (Å²) >= 11 is 0. The van der Waals surface area contributed by atoms with E-state index >= 15 is 0 Å². The standard InChI is InChI=1S/C11H19NO2/c1-3-11(14)10-7-5-4-6-8-12(10)9(2)13/h10H,3-8H2,1-2H3. The fraction of sp³-hybridized carbons (Fsp3) is 0.818. The number of carbonyl (C=O) groups is 2. The van der Waals surface area contributed by atoms with Crippen LogP contribution in [0.25, 0.3) is 0 Å². The van der Waals surface area contributed by atoms with Gasteiger partial charge in [-0.2, -0.15) is 0 Å². The van der Waals surface area contributed by atoms with Crippen LogP contribution >= 0.6 is 0 Å². The maximum Gasteiger partial charge on any atom is 0.220 e. The zero-order chi connectivity index (χ0) is 10.6. The van der Waals surface area contributed by atoms with Crippen molar-refractivity contribution < 1.29 is 9.59 Å². The van der Waals surface area contributed by atoms with Crippen LogP contribution in [0.1, 0.15) is 46.0 Å². The largest absolute Gasteiger partial charge is 0.333 e. The van der Waals surface area contributed by atoms with E-state index < -0.39 is 0 Å². The molecule has 0 aliphatic carbocycles. The monoisotopic (exact) mass is 197 g/mol. The highest BCUT2D eigenvalue weighted by atomic mass is 16.2. The number of nitrogens with zero attached hydrogens (tertiary/aromatic N) is 1. The summed E-state index contributed by atoms with van der Waals surface area (Å²) in [5.41, 5.74) is 0. The fourth-order valence-corrected chi connectivity index (χ4v) is 2.06. The second-order valence-corrected chi connectivity index (χ2v) is 3.90. The van der Waals surface area contributed by atoms with E-state index in [1.807, 2.05) is 6.92 Å². The highest BCUT2D eigenvalue weighted by molar-refractivity contribution is 5.88. The highest BCUT2D eigenvalue weighted by Crippen LogP contribution is 2.18. The lowest BCUT2D eigenvalue weighted by Crippen LogP contribution is -2.43. The van der Waals surface area contributed by atoms with Gasteiger partial charge in [0.1, 0.15) is 0 Å². The van der Waals surface area contributed by atoms with E-state index in [4.69, 9.17) is 0 Å². The Morgan fingerprint density at radius 1 is 1.29 bits per heavy atom. The van der Waals surface area contributed by atoms with Gasteiger partial charge in [-0.25, -0.2) is 0 Å². The first-order chi connectivity index (χ1) is 6.66. The van der Waals surface area contributed by atoms with E-state index in [0.29, 0.717) is 6.42 Å². The number of amides is 1. The van der Waals surface area contributed by atoms with Gasteiger partial charge in [-0.1, -0.05) is 19.8 Å². The van der Waals surface area contributed by atoms with Crippen molar-refractivity contribution in [3.63, 3.8) is 0 Å². The van der Waals surface area contributed by atoms with Crippen LogP contribution in [0, 0.1) is 0 Å². The van der Waals surface area contributed by atoms with Crippen LogP contribution in [0.2, 0.25) is 0 Å². The van der Waals surface area contributed by atoms with Gasteiger partial charge in [-0.3, -0.25) is 9.59 Å². The summed E-state index contributed by atoms with van der Waals surface area (Å²) in [5.74, 6) is 0.251. The molecule has 0 aromatic rings. The lowest BCUT2D eigenvalue weighted by Gasteiger charge is -2.27. The molecule has 1 amide bonds. The van der Waals surface area contributed by atoms with Crippen LogP contribution in [0.5, 0.6) is 0 Å². The van der Waals surface area contributed by atoms with Crippen molar-refractivity contribution in [2.24, 2.45) is 0 Å². The number of hydrogen-bond donors (Lipinski definition) is 0. The minimum Gasteiger partial charge on any atom is -0.333 e. The minimum atomic E-state index is -0.139. The molecule has 1 atom stereocenters. The molecule has 3 heteroatoms. The lowest BCUT2D eigenvalue weighted by molar-refractivity contribution is -0.137. The Morgan fingerprint density at radius 2 is 2.00 bits per heavy atom. The van der Waals surface area contributed by atoms with Crippen molar-refractivity contribution in [3.8, 4) is 0 Å². The SMILES string of the molecule is CCC(=O)C1CCCCCN1C(C)=O. The highest BCUT2D eigenvalue weighted by Gasteiger charge is 2.27. The molecule has 1 fully saturated rings. The van der Waals surface area contributed by atoms with Gasteiger partial charge in [0.05, 0.1) is 6.04 Å². The molecule has 1 unspecified atom stereocenters. The Bertz CT molecular complexity index is 225. The number of likely N-dealkylation sites (tertiary alicyclic amines) is 1. The molecule has 80 valence electrons. The quantitative estimate of drug-likeness (QED) is 0.676. The van der Waals surface area contributed by atoms with E-state index in [9.17, 15) is 9.59 Å². The molecular weight excluding hydrogens is 178 g/mol. The van der Waals surface area contributed by atoms with Gasteiger partial charge in [-0.05, 0) is 12.8 Å². The predicted molar refractivity (Wildman–Crippen MR) is 54.9 cm³/mol. The van der Waals surface area contributed by atoms with Gasteiger partial charge in [0.25, 0.3) is 0 Å². The molecule has 3 nitrogen and oxygen atoms in total. The molecule has 0 spiro atoms. The smallest absolute Gasteiger partial charge is 0.220 e. The fourth-order valence-electron chi connectivity index (χ4n) is 2.06. The summed E-state index contributed by atoms with van der Waals surface area (Å²) in [7, 11) is 0. The summed E-state index contributed by atoms with van der Waals surface area (Å²) in [5, 5.41) is 0. The van der Waals surface area contributed by atoms with Crippen molar-refractivity contribution in [3.05, 3.63) is 0 Å². The van der Waals surface area contributed by atoms with Crippen molar-refractivity contribution in [1.82, 2.24) is 4.90 Å². The third-order valence-electron chi connectivity index (χ3n) is 2.88. The lowest BCUT2D eigenvalue weighted by atomic mass is 10.0. The van der Waals surface area contributed by atoms with Crippen LogP contribution in [-0.4, -0.2) is 29.2 Å². The predicted octanol–water partition coefficient (Wildman–Crippen LogP) is 1.76. The zero-order valence-corrected chi connectivity index (χ0v) is 9.08. The molecule has 0 saturated carbocycles. The van der Waals surface area contributed by atoms with Crippen molar-refractivity contribution in [2.45, 2.75) is 52.0 Å². The molecule has 0 bridgehead atoms. The minimum absolute atomic E-state index is 0.0405. The first-order valence-electron chi connectivity index (χ1n) is 5.46. The topological polar surface area (TPSA) is 37.4 Å². The van der Waals surface area contributed by atoms with E-state index in [1.165, 1.54) is 0 Å². The Kier molecular flexibility index (Phi) is 4.11. The molecule has 1 aliphatic heterocycles. The van der Waals surface area contributed by atoms with Crippen LogP contribution in [0.4, 0.5) is 0 Å². The van der Waals surface area contributed by atoms with Crippen molar-refractivity contribution >= 4 is 11.7 Å². The second-order valence-electron chi connectivity index (χ2n) is 3.90. The number of carbonyl (C=O) groups excluding carboxylic acids is 2. The average Bonchev–Trinajstić information content (AvgIpc) is 2.41. The van der Waals surface area contributed by atoms with Gasteiger partial charge in [-0.15, -0.1) is 0 Å². The van der Waals surface area contributed by atoms with Crippen LogP contribution in [0.3, 0.4) is 0 Å². The maximum absolute atomic E-state index is 11.6. The van der Waals surface area contributed by atoms with Crippen LogP contribution in [0.15, 0.2) is 0 Å². The summed E-state index contributed by atoms with van der Waals surface area (Å²) in [4.78, 5) is 24.7. The molecule has 0 aromatic heterocycles. The number of hydrogen-bond acceptors (Lipinski definition) is 2. The molecule has 0 aromatic carbocycles. The molecule has 1 heterocycles. The molecule has 0 N–H and O–H groups in total. The molecule has 1 aliphatic rings. The summed E-state index contributed by atoms with van der Waals surface area (Å²) < 4.78 is 0. The third kappa shape index (κ3) is 2.56. The van der Waals surface area contributed by atoms with E-state index in [1.54, 1.807) is 11.8 Å². The third-order valence-corrected chi connectivity index (χ3v) is 2.88. The Balaban J connectivity index is 2.73. The Hall–Kier alpha value is -0.860. The van der Waals surface area contributed by atoms with Gasteiger partial charge in [0, 0.05) is 19.9 Å². The number of Topliss-reactive ketones (excluding diaryl/α,β-unsaturated/α-hetero) is 1. The number of rotatable bonds is 2. The summed E-state index contributed by atoms with van der Waals surface area (Å²) in [6.07, 6.45) is 4.63. The maximum atomic E-state index is 11.6. The summed E-state index contributed by atoms with van der Waals surface area (Å²) in [6.45, 7) is 4.18. The Labute approximate surface area is 85.5 Å². The first kappa shape index (κ1) is 11.2. The van der Waals surface area contributed by atoms with Gasteiger partial charge >= 0.3 is 0 Å². The van der Waals surface area contributed by atoms with Crippen LogP contribution in [-0.2, 0) is 9.59 Å². The molecule has 1 rings (SSSR count). The van der Waals surface area contributed by atoms with E-state index in [2.05, 4.69) is 0 Å². The van der Waals surface area contributed by atoms with Crippen molar-refractivity contribution in [1.29, 1.82) is 0 Å². The molecule has 14 heavy (non-hydrogen) atoms.